The molecule has 1 aliphatic heterocycles. The zero-order chi connectivity index (χ0) is 20.8. The fourth-order valence-corrected chi connectivity index (χ4v) is 3.04. The lowest BCUT2D eigenvalue weighted by molar-refractivity contribution is -0.134. The second-order valence-electron chi connectivity index (χ2n) is 6.64. The fraction of sp³-hybridized carbons (Fsp3) is 0.174. The molecule has 0 spiro atoms. The number of nitrogens with zero attached hydrogens (tertiary/aromatic N) is 2. The molecule has 0 fully saturated rings. The van der Waals surface area contributed by atoms with Crippen LogP contribution in [-0.4, -0.2) is 30.0 Å². The summed E-state index contributed by atoms with van der Waals surface area (Å²) in [5.41, 5.74) is 1.57. The van der Waals surface area contributed by atoms with Gasteiger partial charge in [0.25, 0.3) is 0 Å². The Balaban J connectivity index is 1.36. The molecular formula is C23H20N2O5. The van der Waals surface area contributed by atoms with E-state index in [2.05, 4.69) is 4.98 Å². The highest BCUT2D eigenvalue weighted by Gasteiger charge is 2.25. The summed E-state index contributed by atoms with van der Waals surface area (Å²) in [6, 6.07) is 17.7. The van der Waals surface area contributed by atoms with E-state index in [-0.39, 0.29) is 25.5 Å². The highest BCUT2D eigenvalue weighted by atomic mass is 16.5. The molecule has 4 rings (SSSR count). The number of anilines is 1. The highest BCUT2D eigenvalue weighted by Crippen LogP contribution is 2.31. The first-order chi connectivity index (χ1) is 14.7. The smallest absolute Gasteiger partial charge is 0.331 e. The standard InChI is InChI=1S/C23H20N2O5/c26-22-11-14-28-21-4-2-1-3-20(21)25(22)15-23(27)30-19-7-5-18(6-8-19)29-16-17-9-12-24-13-10-17/h1-10,12-13H,11,14-16H2. The molecule has 1 aromatic heterocycles. The number of amides is 1. The molecule has 0 radical (unpaired) electrons. The van der Waals surface area contributed by atoms with Gasteiger partial charge in [-0.25, -0.2) is 4.79 Å². The number of benzene rings is 2. The van der Waals surface area contributed by atoms with Crippen LogP contribution < -0.4 is 19.1 Å². The van der Waals surface area contributed by atoms with Crippen molar-refractivity contribution in [2.75, 3.05) is 18.1 Å². The van der Waals surface area contributed by atoms with Crippen molar-refractivity contribution >= 4 is 17.6 Å². The Labute approximate surface area is 173 Å². The van der Waals surface area contributed by atoms with Crippen LogP contribution in [0.15, 0.2) is 73.1 Å². The van der Waals surface area contributed by atoms with Crippen molar-refractivity contribution in [2.45, 2.75) is 13.0 Å². The van der Waals surface area contributed by atoms with Gasteiger partial charge in [0.15, 0.2) is 0 Å². The molecule has 0 atom stereocenters. The van der Waals surface area contributed by atoms with Crippen molar-refractivity contribution in [3.63, 3.8) is 0 Å². The number of para-hydroxylation sites is 2. The summed E-state index contributed by atoms with van der Waals surface area (Å²) >= 11 is 0. The number of rotatable bonds is 6. The monoisotopic (exact) mass is 404 g/mol. The molecule has 0 bridgehead atoms. The summed E-state index contributed by atoms with van der Waals surface area (Å²) in [6.45, 7) is 0.502. The van der Waals surface area contributed by atoms with Gasteiger partial charge in [0, 0.05) is 12.4 Å². The Hall–Kier alpha value is -3.87. The molecule has 2 heterocycles. The molecule has 0 saturated carbocycles. The maximum absolute atomic E-state index is 12.4. The second kappa shape index (κ2) is 9.09. The van der Waals surface area contributed by atoms with Crippen molar-refractivity contribution < 1.29 is 23.8 Å². The molecule has 1 amide bonds. The van der Waals surface area contributed by atoms with Crippen molar-refractivity contribution in [2.24, 2.45) is 0 Å². The van der Waals surface area contributed by atoms with E-state index in [0.717, 1.165) is 5.56 Å². The lowest BCUT2D eigenvalue weighted by Gasteiger charge is -2.20. The van der Waals surface area contributed by atoms with Crippen molar-refractivity contribution in [3.8, 4) is 17.2 Å². The van der Waals surface area contributed by atoms with Gasteiger partial charge in [-0.15, -0.1) is 0 Å². The van der Waals surface area contributed by atoms with Gasteiger partial charge in [0.2, 0.25) is 5.91 Å². The number of esters is 1. The molecule has 152 valence electrons. The molecule has 0 saturated heterocycles. The van der Waals surface area contributed by atoms with E-state index in [4.69, 9.17) is 14.2 Å². The molecule has 0 N–H and O–H groups in total. The van der Waals surface area contributed by atoms with E-state index in [9.17, 15) is 9.59 Å². The number of hydrogen-bond acceptors (Lipinski definition) is 6. The predicted molar refractivity (Wildman–Crippen MR) is 110 cm³/mol. The maximum atomic E-state index is 12.4. The quantitative estimate of drug-likeness (QED) is 0.463. The number of carbonyl (C=O) groups is 2. The Morgan fingerprint density at radius 1 is 1.00 bits per heavy atom. The fourth-order valence-electron chi connectivity index (χ4n) is 3.04. The van der Waals surface area contributed by atoms with Gasteiger partial charge in [-0.1, -0.05) is 12.1 Å². The minimum atomic E-state index is -0.537. The van der Waals surface area contributed by atoms with Crippen LogP contribution in [0.4, 0.5) is 5.69 Å². The molecule has 0 aliphatic carbocycles. The minimum absolute atomic E-state index is 0.184. The topological polar surface area (TPSA) is 78.0 Å². The summed E-state index contributed by atoms with van der Waals surface area (Å²) in [5.74, 6) is 0.887. The van der Waals surface area contributed by atoms with Gasteiger partial charge < -0.3 is 14.2 Å². The third kappa shape index (κ3) is 4.75. The Morgan fingerprint density at radius 3 is 2.53 bits per heavy atom. The molecule has 0 unspecified atom stereocenters. The first-order valence-electron chi connectivity index (χ1n) is 9.54. The summed E-state index contributed by atoms with van der Waals surface area (Å²) < 4.78 is 16.7. The zero-order valence-electron chi connectivity index (χ0n) is 16.2. The average molecular weight is 404 g/mol. The van der Waals surface area contributed by atoms with E-state index >= 15 is 0 Å². The number of fused-ring (bicyclic) bond motifs is 1. The van der Waals surface area contributed by atoms with Gasteiger partial charge in [0.05, 0.1) is 18.7 Å². The van der Waals surface area contributed by atoms with Crippen LogP contribution in [-0.2, 0) is 16.2 Å². The SMILES string of the molecule is O=C(CN1C(=O)CCOc2ccccc21)Oc1ccc(OCc2ccncc2)cc1. The normalized spacial score (nSPS) is 13.1. The second-order valence-corrected chi connectivity index (χ2v) is 6.64. The first-order valence-corrected chi connectivity index (χ1v) is 9.54. The van der Waals surface area contributed by atoms with Gasteiger partial charge >= 0.3 is 5.97 Å². The number of pyridine rings is 1. The van der Waals surface area contributed by atoms with E-state index in [1.54, 1.807) is 54.9 Å². The average Bonchev–Trinajstić information content (AvgIpc) is 2.93. The highest BCUT2D eigenvalue weighted by molar-refractivity contribution is 5.99. The molecular weight excluding hydrogens is 384 g/mol. The summed E-state index contributed by atoms with van der Waals surface area (Å²) in [5, 5.41) is 0. The lowest BCUT2D eigenvalue weighted by atomic mass is 10.2. The van der Waals surface area contributed by atoms with Crippen LogP contribution in [0.2, 0.25) is 0 Å². The summed E-state index contributed by atoms with van der Waals surface area (Å²) in [4.78, 5) is 30.2. The Morgan fingerprint density at radius 2 is 1.73 bits per heavy atom. The number of ether oxygens (including phenoxy) is 3. The van der Waals surface area contributed by atoms with Gasteiger partial charge in [-0.3, -0.25) is 14.7 Å². The van der Waals surface area contributed by atoms with Gasteiger partial charge in [0.1, 0.15) is 30.4 Å². The zero-order valence-corrected chi connectivity index (χ0v) is 16.2. The van der Waals surface area contributed by atoms with Crippen LogP contribution in [0.25, 0.3) is 0 Å². The maximum Gasteiger partial charge on any atom is 0.331 e. The molecule has 30 heavy (non-hydrogen) atoms. The third-order valence-corrected chi connectivity index (χ3v) is 4.53. The van der Waals surface area contributed by atoms with Crippen molar-refractivity contribution in [1.82, 2.24) is 4.98 Å². The number of hydrogen-bond donors (Lipinski definition) is 0. The van der Waals surface area contributed by atoms with Gasteiger partial charge in [-0.05, 0) is 54.1 Å². The van der Waals surface area contributed by atoms with E-state index in [0.29, 0.717) is 29.5 Å². The van der Waals surface area contributed by atoms with E-state index in [1.165, 1.54) is 4.90 Å². The van der Waals surface area contributed by atoms with E-state index in [1.807, 2.05) is 18.2 Å². The van der Waals surface area contributed by atoms with Crippen LogP contribution in [0.5, 0.6) is 17.2 Å². The predicted octanol–water partition coefficient (Wildman–Crippen LogP) is 3.38. The molecule has 3 aromatic rings. The number of carbonyl (C=O) groups excluding carboxylic acids is 2. The molecule has 2 aromatic carbocycles. The number of aromatic nitrogens is 1. The first kappa shape index (κ1) is 19.4. The Bertz CT molecular complexity index is 1020. The van der Waals surface area contributed by atoms with Crippen molar-refractivity contribution in [1.29, 1.82) is 0 Å². The van der Waals surface area contributed by atoms with Crippen LogP contribution in [0.3, 0.4) is 0 Å². The largest absolute Gasteiger partial charge is 0.491 e. The Kier molecular flexibility index (Phi) is 5.89. The summed E-state index contributed by atoms with van der Waals surface area (Å²) in [7, 11) is 0. The van der Waals surface area contributed by atoms with Crippen LogP contribution in [0.1, 0.15) is 12.0 Å². The van der Waals surface area contributed by atoms with Crippen molar-refractivity contribution in [3.05, 3.63) is 78.6 Å². The summed E-state index contributed by atoms with van der Waals surface area (Å²) in [6.07, 6.45) is 3.62. The molecule has 7 nitrogen and oxygen atoms in total. The molecule has 1 aliphatic rings. The van der Waals surface area contributed by atoms with Gasteiger partial charge in [-0.2, -0.15) is 0 Å². The van der Waals surface area contributed by atoms with Crippen LogP contribution in [0, 0.1) is 0 Å². The third-order valence-electron chi connectivity index (χ3n) is 4.53. The lowest BCUT2D eigenvalue weighted by Crippen LogP contribution is -2.37. The minimum Gasteiger partial charge on any atom is -0.491 e. The van der Waals surface area contributed by atoms with Crippen LogP contribution >= 0.6 is 0 Å². The van der Waals surface area contributed by atoms with E-state index < -0.39 is 5.97 Å². The molecule has 7 heteroatoms.